The molecular weight excluding hydrogens is 298 g/mol. The molecule has 2 aliphatic carbocycles. The molecule has 0 amide bonds. The fourth-order valence-corrected chi connectivity index (χ4v) is 4.89. The number of halogens is 1. The predicted octanol–water partition coefficient (Wildman–Crippen LogP) is 3.53. The highest BCUT2D eigenvalue weighted by Crippen LogP contribution is 2.55. The first-order valence-electron chi connectivity index (χ1n) is 8.15. The highest BCUT2D eigenvalue weighted by Gasteiger charge is 2.52. The van der Waals surface area contributed by atoms with Crippen molar-refractivity contribution in [3.63, 3.8) is 0 Å². The SMILES string of the molecule is COc1ccc(Cl)c([C@@]2(O)CC3CCC(C3)[C@@H]2CN(C)C)c1. The van der Waals surface area contributed by atoms with Crippen molar-refractivity contribution in [1.29, 1.82) is 0 Å². The smallest absolute Gasteiger partial charge is 0.119 e. The highest BCUT2D eigenvalue weighted by molar-refractivity contribution is 6.31. The molecule has 1 aromatic rings. The Morgan fingerprint density at radius 2 is 2.14 bits per heavy atom. The first kappa shape index (κ1) is 16.1. The van der Waals surface area contributed by atoms with E-state index in [1.807, 2.05) is 18.2 Å². The fraction of sp³-hybridized carbons (Fsp3) is 0.667. The van der Waals surface area contributed by atoms with Crippen LogP contribution in [0.1, 0.15) is 31.2 Å². The van der Waals surface area contributed by atoms with Gasteiger partial charge in [-0.25, -0.2) is 0 Å². The maximum atomic E-state index is 11.7. The first-order chi connectivity index (χ1) is 10.4. The number of nitrogens with zero attached hydrogens (tertiary/aromatic N) is 1. The molecule has 2 fully saturated rings. The Balaban J connectivity index is 2.04. The van der Waals surface area contributed by atoms with Crippen molar-refractivity contribution >= 4 is 11.6 Å². The van der Waals surface area contributed by atoms with E-state index in [1.54, 1.807) is 7.11 Å². The summed E-state index contributed by atoms with van der Waals surface area (Å²) in [5, 5.41) is 12.3. The third-order valence-corrected chi connectivity index (χ3v) is 5.90. The van der Waals surface area contributed by atoms with E-state index < -0.39 is 5.60 Å². The summed E-state index contributed by atoms with van der Waals surface area (Å²) in [6.07, 6.45) is 4.53. The maximum absolute atomic E-state index is 11.7. The van der Waals surface area contributed by atoms with Gasteiger partial charge in [-0.05, 0) is 63.4 Å². The van der Waals surface area contributed by atoms with Gasteiger partial charge in [-0.3, -0.25) is 0 Å². The molecular formula is C18H26ClNO2. The zero-order chi connectivity index (χ0) is 15.9. The van der Waals surface area contributed by atoms with Crippen LogP contribution in [0.3, 0.4) is 0 Å². The van der Waals surface area contributed by atoms with Crippen LogP contribution >= 0.6 is 11.6 Å². The average Bonchev–Trinajstić information content (AvgIpc) is 2.87. The molecule has 1 aromatic carbocycles. The summed E-state index contributed by atoms with van der Waals surface area (Å²) < 4.78 is 5.35. The van der Waals surface area contributed by atoms with Crippen molar-refractivity contribution in [2.24, 2.45) is 17.8 Å². The van der Waals surface area contributed by atoms with Gasteiger partial charge in [0.15, 0.2) is 0 Å². The largest absolute Gasteiger partial charge is 0.497 e. The molecule has 3 rings (SSSR count). The second-order valence-corrected chi connectivity index (χ2v) is 7.69. The molecule has 2 unspecified atom stereocenters. The molecule has 22 heavy (non-hydrogen) atoms. The number of methoxy groups -OCH3 is 1. The topological polar surface area (TPSA) is 32.7 Å². The van der Waals surface area contributed by atoms with Gasteiger partial charge in [0.1, 0.15) is 5.75 Å². The Hall–Kier alpha value is -0.770. The van der Waals surface area contributed by atoms with Gasteiger partial charge in [0, 0.05) is 23.0 Å². The Kier molecular flexibility index (Phi) is 4.41. The van der Waals surface area contributed by atoms with Gasteiger partial charge in [0.05, 0.1) is 12.7 Å². The van der Waals surface area contributed by atoms with E-state index in [1.165, 1.54) is 19.3 Å². The number of hydrogen-bond acceptors (Lipinski definition) is 3. The number of ether oxygens (including phenoxy) is 1. The number of aliphatic hydroxyl groups is 1. The molecule has 0 radical (unpaired) electrons. The van der Waals surface area contributed by atoms with Gasteiger partial charge in [0.2, 0.25) is 0 Å². The quantitative estimate of drug-likeness (QED) is 0.920. The Morgan fingerprint density at radius 1 is 1.36 bits per heavy atom. The summed E-state index contributed by atoms with van der Waals surface area (Å²) in [7, 11) is 5.81. The van der Waals surface area contributed by atoms with E-state index in [0.29, 0.717) is 16.9 Å². The fourth-order valence-electron chi connectivity index (χ4n) is 4.61. The highest BCUT2D eigenvalue weighted by atomic mass is 35.5. The van der Waals surface area contributed by atoms with Crippen LogP contribution in [0.25, 0.3) is 0 Å². The van der Waals surface area contributed by atoms with Crippen molar-refractivity contribution in [3.8, 4) is 5.75 Å². The van der Waals surface area contributed by atoms with Crippen molar-refractivity contribution in [1.82, 2.24) is 4.90 Å². The molecule has 2 bridgehead atoms. The van der Waals surface area contributed by atoms with Crippen molar-refractivity contribution in [2.75, 3.05) is 27.7 Å². The minimum atomic E-state index is -0.847. The Morgan fingerprint density at radius 3 is 2.82 bits per heavy atom. The number of benzene rings is 1. The van der Waals surface area contributed by atoms with Crippen molar-refractivity contribution < 1.29 is 9.84 Å². The number of fused-ring (bicyclic) bond motifs is 2. The van der Waals surface area contributed by atoms with Crippen LogP contribution in [0.15, 0.2) is 18.2 Å². The third kappa shape index (κ3) is 2.75. The second-order valence-electron chi connectivity index (χ2n) is 7.28. The molecule has 4 atom stereocenters. The van der Waals surface area contributed by atoms with Gasteiger partial charge in [-0.1, -0.05) is 18.0 Å². The maximum Gasteiger partial charge on any atom is 0.119 e. The average molecular weight is 324 g/mol. The molecule has 2 aliphatic rings. The van der Waals surface area contributed by atoms with E-state index in [4.69, 9.17) is 16.3 Å². The molecule has 1 N–H and O–H groups in total. The lowest BCUT2D eigenvalue weighted by atomic mass is 9.66. The second kappa shape index (κ2) is 6.03. The summed E-state index contributed by atoms with van der Waals surface area (Å²) in [5.74, 6) is 2.20. The van der Waals surface area contributed by atoms with Crippen molar-refractivity contribution in [2.45, 2.75) is 31.3 Å². The van der Waals surface area contributed by atoms with Gasteiger partial charge >= 0.3 is 0 Å². The summed E-state index contributed by atoms with van der Waals surface area (Å²) in [6.45, 7) is 0.890. The predicted molar refractivity (Wildman–Crippen MR) is 89.4 cm³/mol. The molecule has 0 heterocycles. The monoisotopic (exact) mass is 323 g/mol. The normalized spacial score (nSPS) is 34.2. The van der Waals surface area contributed by atoms with Gasteiger partial charge in [0.25, 0.3) is 0 Å². The third-order valence-electron chi connectivity index (χ3n) is 5.57. The minimum Gasteiger partial charge on any atom is -0.497 e. The van der Waals surface area contributed by atoms with Crippen molar-refractivity contribution in [3.05, 3.63) is 28.8 Å². The van der Waals surface area contributed by atoms with Crippen LogP contribution in [-0.4, -0.2) is 37.8 Å². The van der Waals surface area contributed by atoms with Crippen LogP contribution in [0.5, 0.6) is 5.75 Å². The van der Waals surface area contributed by atoms with Crippen LogP contribution in [0.2, 0.25) is 5.02 Å². The van der Waals surface area contributed by atoms with E-state index in [9.17, 15) is 5.11 Å². The lowest BCUT2D eigenvalue weighted by Crippen LogP contribution is -2.47. The minimum absolute atomic E-state index is 0.228. The molecule has 0 aliphatic heterocycles. The van der Waals surface area contributed by atoms with Crippen LogP contribution in [0.4, 0.5) is 0 Å². The lowest BCUT2D eigenvalue weighted by Gasteiger charge is -2.46. The van der Waals surface area contributed by atoms with Crippen LogP contribution < -0.4 is 4.74 Å². The molecule has 122 valence electrons. The first-order valence-corrected chi connectivity index (χ1v) is 8.53. The zero-order valence-corrected chi connectivity index (χ0v) is 14.4. The molecule has 0 spiro atoms. The van der Waals surface area contributed by atoms with E-state index in [2.05, 4.69) is 19.0 Å². The van der Waals surface area contributed by atoms with Gasteiger partial charge < -0.3 is 14.7 Å². The Labute approximate surface area is 138 Å². The number of rotatable bonds is 4. The van der Waals surface area contributed by atoms with Crippen LogP contribution in [-0.2, 0) is 5.60 Å². The molecule has 0 aromatic heterocycles. The standard InChI is InChI=1S/C18H26ClNO2/c1-20(2)11-16-13-5-4-12(8-13)10-18(16,21)15-9-14(22-3)6-7-17(15)19/h6-7,9,12-13,16,21H,4-5,8,10-11H2,1-3H3/t12?,13?,16-,18-/m0/s1. The van der Waals surface area contributed by atoms with Gasteiger partial charge in [-0.2, -0.15) is 0 Å². The zero-order valence-electron chi connectivity index (χ0n) is 13.7. The summed E-state index contributed by atoms with van der Waals surface area (Å²) in [6, 6.07) is 5.63. The molecule has 3 nitrogen and oxygen atoms in total. The van der Waals surface area contributed by atoms with E-state index >= 15 is 0 Å². The summed E-state index contributed by atoms with van der Waals surface area (Å²) in [5.41, 5.74) is -0.00283. The molecule has 4 heteroatoms. The summed E-state index contributed by atoms with van der Waals surface area (Å²) >= 11 is 6.46. The molecule has 0 saturated heterocycles. The molecule has 2 saturated carbocycles. The van der Waals surface area contributed by atoms with E-state index in [0.717, 1.165) is 24.3 Å². The van der Waals surface area contributed by atoms with Gasteiger partial charge in [-0.15, -0.1) is 0 Å². The summed E-state index contributed by atoms with van der Waals surface area (Å²) in [4.78, 5) is 2.18. The van der Waals surface area contributed by atoms with E-state index in [-0.39, 0.29) is 5.92 Å². The Bertz CT molecular complexity index is 548. The van der Waals surface area contributed by atoms with Crippen LogP contribution in [0, 0.1) is 17.8 Å². The number of hydrogen-bond donors (Lipinski definition) is 1. The lowest BCUT2D eigenvalue weighted by molar-refractivity contribution is -0.0891.